The van der Waals surface area contributed by atoms with Gasteiger partial charge in [-0.15, -0.1) is 11.8 Å². The summed E-state index contributed by atoms with van der Waals surface area (Å²) in [6, 6.07) is 5.11. The predicted molar refractivity (Wildman–Crippen MR) is 281 cm³/mol. The number of carboxylic acid groups (broad SMARTS) is 1. The van der Waals surface area contributed by atoms with E-state index >= 15 is 0 Å². The Morgan fingerprint density at radius 1 is 0.947 bits per heavy atom. The van der Waals surface area contributed by atoms with Crippen LogP contribution in [0.1, 0.15) is 105 Å². The number of alkyl carbamates (subject to hydrolysis) is 1. The molecule has 0 unspecified atom stereocenters. The smallest absolute Gasteiger partial charge is 0.407 e. The van der Waals surface area contributed by atoms with Gasteiger partial charge in [0.25, 0.3) is 0 Å². The number of thioether (sulfide) groups is 1. The Morgan fingerprint density at radius 3 is 2.30 bits per heavy atom. The first-order chi connectivity index (χ1) is 35.7. The van der Waals surface area contributed by atoms with Crippen molar-refractivity contribution < 1.29 is 77.5 Å². The third-order valence-corrected chi connectivity index (χ3v) is 17.2. The highest BCUT2D eigenvalue weighted by Crippen LogP contribution is 2.45. The van der Waals surface area contributed by atoms with Gasteiger partial charge in [0.05, 0.1) is 54.2 Å². The van der Waals surface area contributed by atoms with Gasteiger partial charge in [-0.1, -0.05) is 20.8 Å². The van der Waals surface area contributed by atoms with E-state index in [-0.39, 0.29) is 55.9 Å². The Hall–Kier alpha value is -3.78. The number of amides is 1. The fourth-order valence-electron chi connectivity index (χ4n) is 11.6. The van der Waals surface area contributed by atoms with E-state index in [4.69, 9.17) is 37.9 Å². The van der Waals surface area contributed by atoms with Gasteiger partial charge in [-0.3, -0.25) is 14.4 Å². The zero-order chi connectivity index (χ0) is 56.2. The van der Waals surface area contributed by atoms with Crippen molar-refractivity contribution in [2.45, 2.75) is 191 Å². The fourth-order valence-corrected chi connectivity index (χ4v) is 12.5. The molecule has 2 bridgehead atoms. The Bertz CT molecular complexity index is 2410. The highest BCUT2D eigenvalue weighted by molar-refractivity contribution is 7.99. The number of rotatable bonds is 17. The van der Waals surface area contributed by atoms with Gasteiger partial charge in [0.2, 0.25) is 5.43 Å². The molecule has 0 spiro atoms. The van der Waals surface area contributed by atoms with Crippen LogP contribution in [0, 0.1) is 23.7 Å². The molecule has 1 amide bonds. The van der Waals surface area contributed by atoms with E-state index in [1.165, 1.54) is 32.0 Å². The van der Waals surface area contributed by atoms with Crippen molar-refractivity contribution in [3.05, 3.63) is 40.2 Å². The number of Topliss-reactive ketones (excluding diaryl/α,β-unsaturated/α-hetero) is 1. The number of carbonyl (C=O) groups is 4. The molecule has 4 saturated heterocycles. The average molecular weight is 1090 g/mol. The second-order valence-electron chi connectivity index (χ2n) is 22.1. The van der Waals surface area contributed by atoms with Gasteiger partial charge < -0.3 is 78.4 Å². The molecule has 4 aliphatic heterocycles. The number of hydrogen-bond donors (Lipinski definition) is 6. The van der Waals surface area contributed by atoms with Crippen molar-refractivity contribution in [3.63, 3.8) is 0 Å². The zero-order valence-electron chi connectivity index (χ0n) is 46.4. The minimum atomic E-state index is -2.02. The summed E-state index contributed by atoms with van der Waals surface area (Å²) >= 11 is 1.50. The SMILES string of the molecule is CC[C@H]1OC(=O)[C@H](C)[C@@H](O[C@H]2C[C@@](C)(OC)[C@@H](OC(=O)NCCNCCSc3ccc4c(c3)c(=O)c(C(=O)O)cn4CC)[C@H](C)O2)[C@H](C)[C@@H](O[C@@H]2O[C@H](C)C[C@H](N(C)C)[C@H]2O)[C@@]2(C)C[C@@H](CO2)C(=O)[C@H](C)[C@@H](O)[C@]1(C)O. The minimum absolute atomic E-state index is 0.0159. The molecule has 0 saturated carbocycles. The lowest BCUT2D eigenvalue weighted by Gasteiger charge is -2.49. The molecule has 2 aromatic rings. The van der Waals surface area contributed by atoms with Gasteiger partial charge in [-0.2, -0.15) is 0 Å². The number of ether oxygens (including phenoxy) is 8. The molecular formula is C54H84N4O17S. The predicted octanol–water partition coefficient (Wildman–Crippen LogP) is 3.95. The van der Waals surface area contributed by atoms with Crippen LogP contribution < -0.4 is 16.1 Å². The van der Waals surface area contributed by atoms with Crippen molar-refractivity contribution in [1.29, 1.82) is 0 Å². The topological polar surface area (TPSA) is 272 Å². The first-order valence-corrected chi connectivity index (χ1v) is 27.7. The third-order valence-electron chi connectivity index (χ3n) is 16.2. The minimum Gasteiger partial charge on any atom is -0.477 e. The molecule has 0 aliphatic carbocycles. The number of fused-ring (bicyclic) bond motifs is 3. The number of ketones is 1. The summed E-state index contributed by atoms with van der Waals surface area (Å²) in [5.74, 6) is -5.34. The maximum atomic E-state index is 14.5. The molecule has 6 rings (SSSR count). The molecular weight excluding hydrogens is 1010 g/mol. The van der Waals surface area contributed by atoms with Crippen molar-refractivity contribution in [2.24, 2.45) is 23.7 Å². The van der Waals surface area contributed by atoms with E-state index in [9.17, 15) is 44.4 Å². The van der Waals surface area contributed by atoms with Gasteiger partial charge in [0.1, 0.15) is 34.8 Å². The molecule has 0 radical (unpaired) electrons. The molecule has 22 heteroatoms. The van der Waals surface area contributed by atoms with Crippen molar-refractivity contribution >= 4 is 46.5 Å². The van der Waals surface area contributed by atoms with Crippen LogP contribution in [0.3, 0.4) is 0 Å². The summed E-state index contributed by atoms with van der Waals surface area (Å²) in [6.45, 7) is 18.8. The number of benzene rings is 1. The van der Waals surface area contributed by atoms with Crippen molar-refractivity contribution in [3.8, 4) is 0 Å². The largest absolute Gasteiger partial charge is 0.477 e. The van der Waals surface area contributed by atoms with Crippen LogP contribution >= 0.6 is 11.8 Å². The summed E-state index contributed by atoms with van der Waals surface area (Å²) in [7, 11) is 5.23. The third kappa shape index (κ3) is 13.4. The van der Waals surface area contributed by atoms with Crippen LogP contribution in [0.2, 0.25) is 0 Å². The van der Waals surface area contributed by atoms with E-state index in [0.29, 0.717) is 42.7 Å². The van der Waals surface area contributed by atoms with Gasteiger partial charge >= 0.3 is 18.0 Å². The average Bonchev–Trinajstić information content (AvgIpc) is 3.79. The van der Waals surface area contributed by atoms with Gasteiger partial charge in [0, 0.05) is 85.7 Å². The monoisotopic (exact) mass is 1090 g/mol. The second-order valence-corrected chi connectivity index (χ2v) is 23.3. The Morgan fingerprint density at radius 2 is 1.66 bits per heavy atom. The van der Waals surface area contributed by atoms with Crippen molar-refractivity contribution in [1.82, 2.24) is 20.1 Å². The van der Waals surface area contributed by atoms with Crippen LogP contribution in [0.15, 0.2) is 34.1 Å². The first kappa shape index (κ1) is 61.4. The number of aromatic nitrogens is 1. The lowest BCUT2D eigenvalue weighted by Crippen LogP contribution is -2.61. The number of nitrogens with one attached hydrogen (secondary N) is 2. The summed E-state index contributed by atoms with van der Waals surface area (Å²) < 4.78 is 53.0. The number of carboxylic acids is 1. The van der Waals surface area contributed by atoms with Crippen LogP contribution in [0.5, 0.6) is 0 Å². The number of cyclic esters (lactones) is 1. The van der Waals surface area contributed by atoms with E-state index in [2.05, 4.69) is 10.6 Å². The van der Waals surface area contributed by atoms with E-state index in [1.807, 2.05) is 58.8 Å². The number of aliphatic hydroxyl groups excluding tert-OH is 2. The zero-order valence-corrected chi connectivity index (χ0v) is 47.3. The summed E-state index contributed by atoms with van der Waals surface area (Å²) in [4.78, 5) is 69.4. The summed E-state index contributed by atoms with van der Waals surface area (Å²) in [6.07, 6.45) is -8.74. The molecule has 4 fully saturated rings. The molecule has 21 nitrogen and oxygen atoms in total. The molecule has 6 N–H and O–H groups in total. The lowest BCUT2D eigenvalue weighted by atomic mass is 9.75. The number of methoxy groups -OCH3 is 1. The van der Waals surface area contributed by atoms with E-state index < -0.39 is 119 Å². The lowest BCUT2D eigenvalue weighted by molar-refractivity contribution is -0.317. The van der Waals surface area contributed by atoms with Gasteiger partial charge in [0.15, 0.2) is 18.7 Å². The number of hydrogen-bond acceptors (Lipinski definition) is 19. The summed E-state index contributed by atoms with van der Waals surface area (Å²) in [5.41, 5.74) is -4.56. The van der Waals surface area contributed by atoms with Gasteiger partial charge in [-0.25, -0.2) is 9.59 Å². The van der Waals surface area contributed by atoms with Gasteiger partial charge in [-0.05, 0) is 100 Å². The van der Waals surface area contributed by atoms with E-state index in [0.717, 1.165) is 4.90 Å². The number of esters is 1. The second kappa shape index (κ2) is 25.6. The van der Waals surface area contributed by atoms with E-state index in [1.54, 1.807) is 45.3 Å². The molecule has 1 aromatic carbocycles. The first-order valence-electron chi connectivity index (χ1n) is 26.7. The van der Waals surface area contributed by atoms with Crippen molar-refractivity contribution in [2.75, 3.05) is 53.2 Å². The number of aryl methyl sites for hydroxylation is 1. The number of aliphatic hydroxyl groups is 3. The number of carbonyl (C=O) groups excluding carboxylic acids is 3. The molecule has 428 valence electrons. The quantitative estimate of drug-likeness (QED) is 0.0744. The maximum absolute atomic E-state index is 14.5. The molecule has 18 atom stereocenters. The Kier molecular flexibility index (Phi) is 20.7. The standard InChI is InChI=1S/C54H84N4O17S/c1-14-39-54(10,67)45(62)29(4)41(59)33-24-53(9,69-27-33)46(74-50-43(61)38(57(11)12)22-28(3)70-50)30(5)44(31(6)49(65)72-39)73-40-25-52(8,68-13)47(32(7)71-40)75-51(66)56-19-18-55-20-21-76-34-16-17-37-35(23-34)42(60)36(48(63)64)26-58(37)15-2/h16-17,23,26,28-33,38-40,43-47,50,55,61-62,67H,14-15,18-22,24-25,27H2,1-13H3,(H,56,66)(H,63,64)/t28-,29+,30+,31-,32+,33+,38+,39-,40+,43-,44+,45-,46-,47+,50+,52-,53-,54-/m1/s1. The number of pyridine rings is 1. The van der Waals surface area contributed by atoms with Crippen LogP contribution in [-0.4, -0.2) is 191 Å². The number of likely N-dealkylation sites (N-methyl/N-ethyl adjacent to an activating group) is 1. The summed E-state index contributed by atoms with van der Waals surface area (Å²) in [5, 5.41) is 51.1. The molecule has 4 aliphatic rings. The number of aromatic carboxylic acids is 1. The molecule has 76 heavy (non-hydrogen) atoms. The molecule has 1 aromatic heterocycles. The highest BCUT2D eigenvalue weighted by atomic mass is 32.2. The Labute approximate surface area is 450 Å². The van der Waals surface area contributed by atoms with Crippen LogP contribution in [0.4, 0.5) is 4.79 Å². The van der Waals surface area contributed by atoms with Crippen LogP contribution in [0.25, 0.3) is 10.9 Å². The molecule has 5 heterocycles. The highest BCUT2D eigenvalue weighted by Gasteiger charge is 2.57. The fraction of sp³-hybridized carbons (Fsp3) is 0.759. The van der Waals surface area contributed by atoms with Crippen LogP contribution in [-0.2, 0) is 54.0 Å². The number of nitrogens with zero attached hydrogens (tertiary/aromatic N) is 2. The normalized spacial score (nSPS) is 37.7. The Balaban J connectivity index is 1.15. The maximum Gasteiger partial charge on any atom is 0.407 e.